The molecule has 0 aliphatic carbocycles. The number of hydrogen-bond donors (Lipinski definition) is 1. The van der Waals surface area contributed by atoms with Gasteiger partial charge in [0.25, 0.3) is 6.43 Å². The van der Waals surface area contributed by atoms with Crippen LogP contribution >= 0.6 is 0 Å². The molecule has 1 N–H and O–H groups in total. The Bertz CT molecular complexity index is 291. The van der Waals surface area contributed by atoms with Crippen LogP contribution in [-0.2, 0) is 0 Å². The summed E-state index contributed by atoms with van der Waals surface area (Å²) in [4.78, 5) is 0. The van der Waals surface area contributed by atoms with Crippen molar-refractivity contribution >= 4 is 5.69 Å². The van der Waals surface area contributed by atoms with Gasteiger partial charge in [-0.2, -0.15) is 0 Å². The fourth-order valence-corrected chi connectivity index (χ4v) is 1.04. The highest BCUT2D eigenvalue weighted by molar-refractivity contribution is 5.48. The van der Waals surface area contributed by atoms with E-state index in [1.807, 2.05) is 0 Å². The van der Waals surface area contributed by atoms with E-state index in [1.165, 1.54) is 14.0 Å². The minimum absolute atomic E-state index is 0.636. The lowest BCUT2D eigenvalue weighted by molar-refractivity contribution is 0.130. The van der Waals surface area contributed by atoms with E-state index in [0.717, 1.165) is 0 Å². The van der Waals surface area contributed by atoms with E-state index in [4.69, 9.17) is 4.74 Å². The van der Waals surface area contributed by atoms with Gasteiger partial charge in [-0.05, 0) is 19.1 Å². The average molecular weight is 201 g/mol. The smallest absolute Gasteiger partial charge is 0.258 e. The Kier molecular flexibility index (Phi) is 3.68. The maximum absolute atomic E-state index is 12.2. The number of rotatable bonds is 4. The first-order valence-electron chi connectivity index (χ1n) is 4.32. The fourth-order valence-electron chi connectivity index (χ4n) is 1.04. The van der Waals surface area contributed by atoms with Crippen LogP contribution in [0.25, 0.3) is 0 Å². The number of nitrogens with one attached hydrogen (secondary N) is 1. The van der Waals surface area contributed by atoms with Crippen molar-refractivity contribution in [3.05, 3.63) is 24.3 Å². The summed E-state index contributed by atoms with van der Waals surface area (Å²) < 4.78 is 29.4. The number of ether oxygens (including phenoxy) is 1. The van der Waals surface area contributed by atoms with Crippen LogP contribution in [0, 0.1) is 0 Å². The van der Waals surface area contributed by atoms with Gasteiger partial charge in [0.1, 0.15) is 5.75 Å². The highest BCUT2D eigenvalue weighted by Gasteiger charge is 2.13. The Morgan fingerprint density at radius 2 is 2.07 bits per heavy atom. The second-order valence-corrected chi connectivity index (χ2v) is 3.00. The molecular formula is C10H13F2NO. The largest absolute Gasteiger partial charge is 0.497 e. The van der Waals surface area contributed by atoms with Gasteiger partial charge < -0.3 is 10.1 Å². The van der Waals surface area contributed by atoms with E-state index in [2.05, 4.69) is 5.32 Å². The molecule has 1 aromatic carbocycles. The van der Waals surface area contributed by atoms with Crippen LogP contribution in [0.2, 0.25) is 0 Å². The predicted octanol–water partition coefficient (Wildman–Crippen LogP) is 2.76. The Hall–Kier alpha value is -1.32. The molecule has 0 fully saturated rings. The Morgan fingerprint density at radius 3 is 2.64 bits per heavy atom. The minimum atomic E-state index is -2.37. The van der Waals surface area contributed by atoms with Gasteiger partial charge in [-0.1, -0.05) is 6.07 Å². The number of hydrogen-bond acceptors (Lipinski definition) is 2. The van der Waals surface area contributed by atoms with E-state index in [0.29, 0.717) is 11.4 Å². The number of alkyl halides is 2. The lowest BCUT2D eigenvalue weighted by Gasteiger charge is -2.14. The third kappa shape index (κ3) is 2.87. The van der Waals surface area contributed by atoms with Crippen LogP contribution in [0.5, 0.6) is 5.75 Å². The fraction of sp³-hybridized carbons (Fsp3) is 0.400. The summed E-state index contributed by atoms with van der Waals surface area (Å²) in [5, 5.41) is 2.69. The van der Waals surface area contributed by atoms with E-state index < -0.39 is 12.5 Å². The summed E-state index contributed by atoms with van der Waals surface area (Å²) in [6.07, 6.45) is -2.37. The zero-order valence-corrected chi connectivity index (χ0v) is 8.13. The van der Waals surface area contributed by atoms with Crippen LogP contribution in [0.1, 0.15) is 6.92 Å². The second kappa shape index (κ2) is 4.79. The van der Waals surface area contributed by atoms with E-state index in [1.54, 1.807) is 24.3 Å². The van der Waals surface area contributed by atoms with Crippen LogP contribution in [0.15, 0.2) is 24.3 Å². The first-order valence-corrected chi connectivity index (χ1v) is 4.32. The molecule has 0 saturated carbocycles. The zero-order valence-electron chi connectivity index (χ0n) is 8.13. The van der Waals surface area contributed by atoms with Crippen molar-refractivity contribution in [2.75, 3.05) is 12.4 Å². The first-order chi connectivity index (χ1) is 6.63. The summed E-state index contributed by atoms with van der Waals surface area (Å²) in [7, 11) is 1.54. The topological polar surface area (TPSA) is 21.3 Å². The van der Waals surface area contributed by atoms with Crippen molar-refractivity contribution in [1.29, 1.82) is 0 Å². The summed E-state index contributed by atoms with van der Waals surface area (Å²) in [6, 6.07) is 6.06. The van der Waals surface area contributed by atoms with Crippen LogP contribution in [0.3, 0.4) is 0 Å². The molecule has 0 amide bonds. The molecule has 1 atom stereocenters. The average Bonchev–Trinajstić information content (AvgIpc) is 2.18. The summed E-state index contributed by atoms with van der Waals surface area (Å²) in [5.74, 6) is 0.650. The predicted molar refractivity (Wildman–Crippen MR) is 52.1 cm³/mol. The highest BCUT2D eigenvalue weighted by Crippen LogP contribution is 2.18. The lowest BCUT2D eigenvalue weighted by Crippen LogP contribution is -2.23. The third-order valence-corrected chi connectivity index (χ3v) is 1.84. The third-order valence-electron chi connectivity index (χ3n) is 1.84. The molecule has 0 heterocycles. The van der Waals surface area contributed by atoms with Gasteiger partial charge >= 0.3 is 0 Å². The van der Waals surface area contributed by atoms with Gasteiger partial charge in [-0.3, -0.25) is 0 Å². The standard InChI is InChI=1S/C10H13F2NO/c1-7(10(11)12)13-8-4-3-5-9(6-8)14-2/h3-7,10,13H,1-2H3. The van der Waals surface area contributed by atoms with E-state index in [-0.39, 0.29) is 0 Å². The van der Waals surface area contributed by atoms with Gasteiger partial charge in [0.15, 0.2) is 0 Å². The minimum Gasteiger partial charge on any atom is -0.497 e. The quantitative estimate of drug-likeness (QED) is 0.808. The zero-order chi connectivity index (χ0) is 10.6. The number of methoxy groups -OCH3 is 1. The van der Waals surface area contributed by atoms with Crippen molar-refractivity contribution in [2.45, 2.75) is 19.4 Å². The van der Waals surface area contributed by atoms with Crippen LogP contribution in [0.4, 0.5) is 14.5 Å². The van der Waals surface area contributed by atoms with Crippen molar-refractivity contribution in [3.8, 4) is 5.75 Å². The molecule has 1 aromatic rings. The molecule has 0 radical (unpaired) electrons. The normalized spacial score (nSPS) is 12.6. The monoisotopic (exact) mass is 201 g/mol. The van der Waals surface area contributed by atoms with Crippen molar-refractivity contribution in [2.24, 2.45) is 0 Å². The molecule has 1 unspecified atom stereocenters. The summed E-state index contributed by atoms with van der Waals surface area (Å²) in [5.41, 5.74) is 0.636. The number of anilines is 1. The van der Waals surface area contributed by atoms with Gasteiger partial charge in [0.05, 0.1) is 13.2 Å². The number of halogens is 2. The molecule has 0 aliphatic rings. The number of benzene rings is 1. The summed E-state index contributed by atoms with van der Waals surface area (Å²) >= 11 is 0. The van der Waals surface area contributed by atoms with E-state index in [9.17, 15) is 8.78 Å². The Labute approximate surface area is 81.9 Å². The van der Waals surface area contributed by atoms with Crippen molar-refractivity contribution in [3.63, 3.8) is 0 Å². The molecule has 1 rings (SSSR count). The molecule has 4 heteroatoms. The van der Waals surface area contributed by atoms with Gasteiger partial charge in [-0.25, -0.2) is 8.78 Å². The molecule has 0 spiro atoms. The molecule has 14 heavy (non-hydrogen) atoms. The first kappa shape index (κ1) is 10.8. The SMILES string of the molecule is COc1cccc(NC(C)C(F)F)c1. The van der Waals surface area contributed by atoms with Gasteiger partial charge in [0.2, 0.25) is 0 Å². The maximum atomic E-state index is 12.2. The van der Waals surface area contributed by atoms with Crippen LogP contribution in [-0.4, -0.2) is 19.6 Å². The van der Waals surface area contributed by atoms with Crippen molar-refractivity contribution < 1.29 is 13.5 Å². The van der Waals surface area contributed by atoms with Crippen LogP contribution < -0.4 is 10.1 Å². The molecule has 2 nitrogen and oxygen atoms in total. The second-order valence-electron chi connectivity index (χ2n) is 3.00. The Morgan fingerprint density at radius 1 is 1.36 bits per heavy atom. The summed E-state index contributed by atoms with van der Waals surface area (Å²) in [6.45, 7) is 1.43. The molecule has 0 saturated heterocycles. The molecule has 0 aromatic heterocycles. The molecule has 0 aliphatic heterocycles. The van der Waals surface area contributed by atoms with Gasteiger partial charge in [-0.15, -0.1) is 0 Å². The Balaban J connectivity index is 2.66. The molecule has 0 bridgehead atoms. The highest BCUT2D eigenvalue weighted by atomic mass is 19.3. The molecular weight excluding hydrogens is 188 g/mol. The van der Waals surface area contributed by atoms with Crippen molar-refractivity contribution in [1.82, 2.24) is 0 Å². The van der Waals surface area contributed by atoms with Gasteiger partial charge in [0, 0.05) is 11.8 Å². The molecule has 78 valence electrons. The lowest BCUT2D eigenvalue weighted by atomic mass is 10.2. The maximum Gasteiger partial charge on any atom is 0.258 e. The van der Waals surface area contributed by atoms with E-state index >= 15 is 0 Å².